The lowest BCUT2D eigenvalue weighted by atomic mass is 10.1. The summed E-state index contributed by atoms with van der Waals surface area (Å²) in [5, 5.41) is 0. The largest absolute Gasteiger partial charge is 0.462 e. The summed E-state index contributed by atoms with van der Waals surface area (Å²) < 4.78 is 17.3. The number of rotatable bonds is 45. The summed E-state index contributed by atoms with van der Waals surface area (Å²) in [5.41, 5.74) is 0. The average Bonchev–Trinajstić information content (AvgIpc) is 3.27. The highest BCUT2D eigenvalue weighted by molar-refractivity contribution is 5.70. The molecule has 0 rings (SSSR count). The molecule has 0 spiro atoms. The van der Waals surface area contributed by atoms with Crippen LogP contribution >= 0.6 is 0 Å². The first-order chi connectivity index (χ1) is 30.6. The van der Waals surface area contributed by atoms with E-state index >= 15 is 0 Å². The fourth-order valence-electron chi connectivity index (χ4n) is 6.54. The summed E-state index contributed by atoms with van der Waals surface area (Å²) >= 11 is 0. The van der Waals surface area contributed by atoms with E-state index in [9.17, 15) is 9.59 Å². The standard InChI is InChI=1S/C57H94O5/c1-4-7-10-13-16-19-22-25-28-31-34-37-40-43-46-49-52-60-53-55(62-57(59)51-48-45-42-39-36-33-30-27-24-21-18-15-12-9-6-3)54-61-56(58)50-47-44-41-38-35-32-29-26-23-20-17-14-11-8-5-2/h7-8,10-11,16-21,25-30,34,37,55H,4-6,9,12-15,22-24,31-33,35-36,38-54H2,1-3H3/b10-7-,11-8-,19-16-,20-17-,21-18-,28-25-,29-26-,30-27-,37-34-. The first-order valence-electron chi connectivity index (χ1n) is 25.4. The summed E-state index contributed by atoms with van der Waals surface area (Å²) in [6.07, 6.45) is 70.9. The topological polar surface area (TPSA) is 61.8 Å². The van der Waals surface area contributed by atoms with Crippen LogP contribution in [0.1, 0.15) is 213 Å². The maximum absolute atomic E-state index is 12.8. The van der Waals surface area contributed by atoms with Crippen molar-refractivity contribution in [1.29, 1.82) is 0 Å². The molecule has 0 aliphatic heterocycles. The fourth-order valence-corrected chi connectivity index (χ4v) is 6.54. The maximum Gasteiger partial charge on any atom is 0.306 e. The number of carbonyl (C=O) groups excluding carboxylic acids is 2. The average molecular weight is 859 g/mol. The molecule has 352 valence electrons. The lowest BCUT2D eigenvalue weighted by molar-refractivity contribution is -0.163. The predicted octanol–water partition coefficient (Wildman–Crippen LogP) is 17.2. The van der Waals surface area contributed by atoms with Crippen molar-refractivity contribution in [2.24, 2.45) is 0 Å². The molecule has 0 radical (unpaired) electrons. The van der Waals surface area contributed by atoms with Crippen molar-refractivity contribution < 1.29 is 23.8 Å². The summed E-state index contributed by atoms with van der Waals surface area (Å²) in [6, 6.07) is 0. The predicted molar refractivity (Wildman–Crippen MR) is 269 cm³/mol. The van der Waals surface area contributed by atoms with Crippen LogP contribution in [0.15, 0.2) is 109 Å². The van der Waals surface area contributed by atoms with Gasteiger partial charge in [0.1, 0.15) is 6.61 Å². The van der Waals surface area contributed by atoms with Crippen LogP contribution in [0.3, 0.4) is 0 Å². The number of unbranched alkanes of at least 4 members (excludes halogenated alkanes) is 16. The molecule has 0 amide bonds. The second-order valence-corrected chi connectivity index (χ2v) is 16.3. The Morgan fingerprint density at radius 2 is 0.726 bits per heavy atom. The number of hydrogen-bond donors (Lipinski definition) is 0. The Kier molecular flexibility index (Phi) is 49.0. The first kappa shape index (κ1) is 58.6. The van der Waals surface area contributed by atoms with Gasteiger partial charge in [-0.25, -0.2) is 0 Å². The van der Waals surface area contributed by atoms with Crippen molar-refractivity contribution in [2.75, 3.05) is 19.8 Å². The smallest absolute Gasteiger partial charge is 0.306 e. The van der Waals surface area contributed by atoms with Gasteiger partial charge in [-0.3, -0.25) is 9.59 Å². The van der Waals surface area contributed by atoms with Crippen LogP contribution in [0.25, 0.3) is 0 Å². The summed E-state index contributed by atoms with van der Waals surface area (Å²) in [7, 11) is 0. The monoisotopic (exact) mass is 859 g/mol. The summed E-state index contributed by atoms with van der Waals surface area (Å²) in [4.78, 5) is 25.4. The highest BCUT2D eigenvalue weighted by Crippen LogP contribution is 2.12. The molecule has 0 aromatic carbocycles. The second kappa shape index (κ2) is 51.9. The van der Waals surface area contributed by atoms with Gasteiger partial charge in [0.15, 0.2) is 6.10 Å². The van der Waals surface area contributed by atoms with Crippen molar-refractivity contribution in [3.63, 3.8) is 0 Å². The molecule has 0 aliphatic rings. The molecule has 0 saturated heterocycles. The number of esters is 2. The maximum atomic E-state index is 12.8. The van der Waals surface area contributed by atoms with E-state index in [0.29, 0.717) is 19.4 Å². The van der Waals surface area contributed by atoms with Gasteiger partial charge in [-0.1, -0.05) is 188 Å². The van der Waals surface area contributed by atoms with Gasteiger partial charge < -0.3 is 14.2 Å². The third kappa shape index (κ3) is 49.2. The molecule has 0 bridgehead atoms. The molecule has 0 fully saturated rings. The summed E-state index contributed by atoms with van der Waals surface area (Å²) in [5.74, 6) is -0.457. The molecule has 62 heavy (non-hydrogen) atoms. The Morgan fingerprint density at radius 1 is 0.371 bits per heavy atom. The van der Waals surface area contributed by atoms with Crippen molar-refractivity contribution in [3.05, 3.63) is 109 Å². The van der Waals surface area contributed by atoms with Crippen molar-refractivity contribution in [2.45, 2.75) is 219 Å². The molecule has 0 heterocycles. The first-order valence-corrected chi connectivity index (χ1v) is 25.4. The Morgan fingerprint density at radius 3 is 1.16 bits per heavy atom. The van der Waals surface area contributed by atoms with Crippen LogP contribution in [0.5, 0.6) is 0 Å². The Balaban J connectivity index is 4.41. The van der Waals surface area contributed by atoms with Crippen LogP contribution in [0, 0.1) is 0 Å². The third-order valence-corrected chi connectivity index (χ3v) is 10.3. The number of hydrogen-bond acceptors (Lipinski definition) is 5. The molecule has 0 N–H and O–H groups in total. The minimum absolute atomic E-state index is 0.0511. The van der Waals surface area contributed by atoms with E-state index in [1.807, 2.05) is 0 Å². The Labute approximate surface area is 383 Å². The van der Waals surface area contributed by atoms with E-state index in [-0.39, 0.29) is 25.2 Å². The van der Waals surface area contributed by atoms with Gasteiger partial charge in [-0.05, 0) is 122 Å². The van der Waals surface area contributed by atoms with Crippen LogP contribution in [-0.4, -0.2) is 37.9 Å². The van der Waals surface area contributed by atoms with Gasteiger partial charge in [0.25, 0.3) is 0 Å². The van der Waals surface area contributed by atoms with Crippen molar-refractivity contribution in [1.82, 2.24) is 0 Å². The van der Waals surface area contributed by atoms with Crippen LogP contribution < -0.4 is 0 Å². The Bertz CT molecular complexity index is 1250. The van der Waals surface area contributed by atoms with Gasteiger partial charge in [-0.2, -0.15) is 0 Å². The van der Waals surface area contributed by atoms with Crippen molar-refractivity contribution >= 4 is 11.9 Å². The van der Waals surface area contributed by atoms with Gasteiger partial charge >= 0.3 is 11.9 Å². The molecule has 1 atom stereocenters. The molecule has 5 nitrogen and oxygen atoms in total. The lowest BCUT2D eigenvalue weighted by Gasteiger charge is -2.18. The minimum Gasteiger partial charge on any atom is -0.462 e. The molecule has 0 aliphatic carbocycles. The van der Waals surface area contributed by atoms with Crippen LogP contribution in [-0.2, 0) is 23.8 Å². The highest BCUT2D eigenvalue weighted by atomic mass is 16.6. The third-order valence-electron chi connectivity index (χ3n) is 10.3. The quantitative estimate of drug-likeness (QED) is 0.0347. The summed E-state index contributed by atoms with van der Waals surface area (Å²) in [6.45, 7) is 7.46. The SMILES string of the molecule is CC/C=C\C/C=C\C/C=C\C/C=C\CCCCCOCC(COC(=O)CCCCCCC/C=C\C/C=C\C/C=C\CC)OC(=O)CCCCCCC/C=C\C/C=C\CCCCC. The second-order valence-electron chi connectivity index (χ2n) is 16.3. The zero-order valence-electron chi connectivity index (χ0n) is 40.3. The highest BCUT2D eigenvalue weighted by Gasteiger charge is 2.17. The van der Waals surface area contributed by atoms with E-state index in [1.165, 1.54) is 51.4 Å². The number of ether oxygens (including phenoxy) is 3. The molecular weight excluding hydrogens is 765 g/mol. The van der Waals surface area contributed by atoms with E-state index in [4.69, 9.17) is 14.2 Å². The van der Waals surface area contributed by atoms with E-state index in [1.54, 1.807) is 0 Å². The molecule has 5 heteroatoms. The van der Waals surface area contributed by atoms with Crippen molar-refractivity contribution in [3.8, 4) is 0 Å². The fraction of sp³-hybridized carbons (Fsp3) is 0.649. The van der Waals surface area contributed by atoms with E-state index < -0.39 is 6.10 Å². The number of carbonyl (C=O) groups is 2. The molecule has 0 saturated carbocycles. The van der Waals surface area contributed by atoms with Crippen LogP contribution in [0.2, 0.25) is 0 Å². The van der Waals surface area contributed by atoms with Crippen LogP contribution in [0.4, 0.5) is 0 Å². The van der Waals surface area contributed by atoms with Gasteiger partial charge in [0.05, 0.1) is 6.61 Å². The molecule has 1 unspecified atom stereocenters. The zero-order valence-corrected chi connectivity index (χ0v) is 40.3. The number of allylic oxidation sites excluding steroid dienone is 18. The Hall–Kier alpha value is -3.44. The molecule has 0 aromatic heterocycles. The molecule has 0 aromatic rings. The van der Waals surface area contributed by atoms with E-state index in [2.05, 4.69) is 130 Å². The lowest BCUT2D eigenvalue weighted by Crippen LogP contribution is -2.30. The van der Waals surface area contributed by atoms with Gasteiger partial charge in [0.2, 0.25) is 0 Å². The normalized spacial score (nSPS) is 13.1. The minimum atomic E-state index is -0.574. The van der Waals surface area contributed by atoms with Gasteiger partial charge in [-0.15, -0.1) is 0 Å². The molecular formula is C57H94O5. The van der Waals surface area contributed by atoms with Gasteiger partial charge in [0, 0.05) is 19.4 Å². The van der Waals surface area contributed by atoms with E-state index in [0.717, 1.165) is 128 Å². The zero-order chi connectivity index (χ0) is 44.9.